The second-order valence-corrected chi connectivity index (χ2v) is 30.7. The van der Waals surface area contributed by atoms with Crippen molar-refractivity contribution in [2.24, 2.45) is 59.2 Å². The second kappa shape index (κ2) is 26.9. The van der Waals surface area contributed by atoms with Gasteiger partial charge >= 0.3 is 11.9 Å². The van der Waals surface area contributed by atoms with E-state index >= 15 is 0 Å². The van der Waals surface area contributed by atoms with E-state index in [9.17, 15) is 24.0 Å². The maximum Gasteiger partial charge on any atom is 0.309 e. The summed E-state index contributed by atoms with van der Waals surface area (Å²) in [6.07, 6.45) is 30.1. The molecule has 496 valence electrons. The minimum absolute atomic E-state index is 0.00242. The molecular weight excluding hydrogens is 1160 g/mol. The van der Waals surface area contributed by atoms with Crippen LogP contribution in [0, 0.1) is 59.2 Å². The van der Waals surface area contributed by atoms with Crippen molar-refractivity contribution < 1.29 is 33.4 Å². The monoisotopic (exact) mass is 1260 g/mol. The van der Waals surface area contributed by atoms with Crippen LogP contribution in [0.2, 0.25) is 0 Å². The molecule has 17 heteroatoms. The highest BCUT2D eigenvalue weighted by atomic mass is 16.5. The van der Waals surface area contributed by atoms with Crippen LogP contribution in [0.15, 0.2) is 60.7 Å². The van der Waals surface area contributed by atoms with Gasteiger partial charge in [0.05, 0.1) is 49.9 Å². The van der Waals surface area contributed by atoms with E-state index in [4.69, 9.17) is 24.8 Å². The summed E-state index contributed by atoms with van der Waals surface area (Å²) in [4.78, 5) is 68.3. The van der Waals surface area contributed by atoms with Crippen LogP contribution >= 0.6 is 0 Å². The van der Waals surface area contributed by atoms with E-state index in [1.807, 2.05) is 59.6 Å². The van der Waals surface area contributed by atoms with Crippen LogP contribution in [0.5, 0.6) is 0 Å². The quantitative estimate of drug-likeness (QED) is 0.0844. The maximum absolute atomic E-state index is 13.9. The van der Waals surface area contributed by atoms with Crippen molar-refractivity contribution in [1.29, 1.82) is 0 Å². The average molecular weight is 1270 g/mol. The van der Waals surface area contributed by atoms with E-state index in [1.54, 1.807) is 0 Å². The van der Waals surface area contributed by atoms with Gasteiger partial charge in [-0.25, -0.2) is 0 Å². The highest BCUT2D eigenvalue weighted by Crippen LogP contribution is 2.60. The Hall–Kier alpha value is -6.62. The summed E-state index contributed by atoms with van der Waals surface area (Å²) < 4.78 is 16.8. The Bertz CT molecular complexity index is 3500. The third kappa shape index (κ3) is 12.8. The molecule has 3 N–H and O–H groups in total. The molecule has 0 radical (unpaired) electrons. The molecule has 2 aromatic carbocycles. The molecule has 0 spiro atoms. The van der Waals surface area contributed by atoms with Crippen molar-refractivity contribution in [3.63, 3.8) is 0 Å². The zero-order chi connectivity index (χ0) is 63.3. The molecule has 5 aromatic rings. The summed E-state index contributed by atoms with van der Waals surface area (Å²) in [7, 11) is 0. The molecule has 12 aliphatic carbocycles. The van der Waals surface area contributed by atoms with Crippen LogP contribution in [0.4, 0.5) is 0 Å². The smallest absolute Gasteiger partial charge is 0.309 e. The highest BCUT2D eigenvalue weighted by Gasteiger charge is 2.59. The summed E-state index contributed by atoms with van der Waals surface area (Å²) in [6, 6.07) is 21.5. The van der Waals surface area contributed by atoms with Gasteiger partial charge in [0.25, 0.3) is 17.7 Å². The maximum atomic E-state index is 13.9. The number of piperidine rings is 3. The molecule has 93 heavy (non-hydrogen) atoms. The molecule has 6 heterocycles. The second-order valence-electron chi connectivity index (χ2n) is 30.7. The lowest BCUT2D eigenvalue weighted by molar-refractivity contribution is -0.149. The summed E-state index contributed by atoms with van der Waals surface area (Å²) >= 11 is 0. The van der Waals surface area contributed by atoms with Crippen LogP contribution in [0.25, 0.3) is 0 Å². The van der Waals surface area contributed by atoms with Crippen molar-refractivity contribution >= 4 is 29.7 Å². The summed E-state index contributed by atoms with van der Waals surface area (Å²) in [5, 5.41) is 25.1. The zero-order valence-electron chi connectivity index (χ0n) is 55.3. The summed E-state index contributed by atoms with van der Waals surface area (Å²) in [6.45, 7) is 9.10. The van der Waals surface area contributed by atoms with Gasteiger partial charge in [0.2, 0.25) is 0 Å². The number of ether oxygens (including phenoxy) is 2. The Morgan fingerprint density at radius 3 is 1.76 bits per heavy atom. The Balaban J connectivity index is 0.000000117. The molecule has 20 rings (SSSR count). The lowest BCUT2D eigenvalue weighted by atomic mass is 9.54. The average Bonchev–Trinajstić information content (AvgIpc) is 1.57. The Morgan fingerprint density at radius 2 is 1.13 bits per heavy atom. The zero-order valence-corrected chi connectivity index (χ0v) is 55.3. The number of nitrogens with one attached hydrogen (secondary N) is 3. The van der Waals surface area contributed by atoms with E-state index in [2.05, 4.69) is 49.8 Å². The first-order chi connectivity index (χ1) is 45.4. The van der Waals surface area contributed by atoms with E-state index < -0.39 is 0 Å². The largest absolute Gasteiger partial charge is 0.466 e. The SMILES string of the molecule is CCOC(=O)C1CCc2c(c(C(=O)NC3C4CC5CC(C4)CC3C5)nn2Cc2ccccc2)C1.CCOC(=O)C1CCc2nn(Cc3ccccc3)c(C(=O)NC34CC5CC(CC3C5)C4)c2C1.O=C(NC1CN2CCC1CC2)c1nn(C2CCCCC2)c2c1CCCC2. The van der Waals surface area contributed by atoms with Crippen LogP contribution in [-0.2, 0) is 70.7 Å². The molecule has 3 aliphatic heterocycles. The molecule has 3 aromatic heterocycles. The van der Waals surface area contributed by atoms with Crippen molar-refractivity contribution in [1.82, 2.24) is 50.2 Å². The fraction of sp³-hybridized carbons (Fsp3) is 0.658. The van der Waals surface area contributed by atoms with Crippen molar-refractivity contribution in [3.8, 4) is 0 Å². The lowest BCUT2D eigenvalue weighted by Crippen LogP contribution is -2.57. The Kier molecular flexibility index (Phi) is 18.1. The van der Waals surface area contributed by atoms with Crippen LogP contribution in [-0.4, -0.2) is 114 Å². The number of benzene rings is 2. The number of carbonyl (C=O) groups is 5. The van der Waals surface area contributed by atoms with Gasteiger partial charge in [-0.3, -0.25) is 38.0 Å². The van der Waals surface area contributed by atoms with E-state index in [0.29, 0.717) is 92.7 Å². The molecule has 3 amide bonds. The third-order valence-corrected chi connectivity index (χ3v) is 24.9. The van der Waals surface area contributed by atoms with Crippen LogP contribution in [0.3, 0.4) is 0 Å². The normalized spacial score (nSPS) is 31.4. The number of esters is 2. The van der Waals surface area contributed by atoms with Crippen LogP contribution in [0.1, 0.15) is 231 Å². The number of amides is 3. The van der Waals surface area contributed by atoms with Gasteiger partial charge in [0, 0.05) is 52.2 Å². The number of aryl methyl sites for hydroxylation is 1. The van der Waals surface area contributed by atoms with Gasteiger partial charge in [-0.2, -0.15) is 15.3 Å². The van der Waals surface area contributed by atoms with E-state index in [1.165, 1.54) is 134 Å². The minimum atomic E-state index is -0.199. The molecule has 17 nitrogen and oxygen atoms in total. The topological polar surface area (TPSA) is 197 Å². The first kappa shape index (κ1) is 62.5. The number of aromatic nitrogens is 6. The highest BCUT2D eigenvalue weighted by molar-refractivity contribution is 5.96. The number of hydrogen-bond acceptors (Lipinski definition) is 11. The predicted molar refractivity (Wildman–Crippen MR) is 353 cm³/mol. The molecule has 3 saturated heterocycles. The first-order valence-corrected chi connectivity index (χ1v) is 36.8. The van der Waals surface area contributed by atoms with Gasteiger partial charge in [0.15, 0.2) is 11.4 Å². The fourth-order valence-electron chi connectivity index (χ4n) is 20.9. The Morgan fingerprint density at radius 1 is 0.538 bits per heavy atom. The number of fused-ring (bicyclic) bond motifs is 6. The fourth-order valence-corrected chi connectivity index (χ4v) is 20.9. The van der Waals surface area contributed by atoms with E-state index in [-0.39, 0.29) is 53.1 Å². The summed E-state index contributed by atoms with van der Waals surface area (Å²) in [5.41, 5.74) is 10.8. The van der Waals surface area contributed by atoms with Crippen LogP contribution < -0.4 is 16.0 Å². The number of rotatable bonds is 15. The number of hydrogen-bond donors (Lipinski definition) is 3. The minimum Gasteiger partial charge on any atom is -0.466 e. The van der Waals surface area contributed by atoms with Crippen molar-refractivity contribution in [2.75, 3.05) is 32.8 Å². The molecule has 9 saturated carbocycles. The van der Waals surface area contributed by atoms with Gasteiger partial charge in [0.1, 0.15) is 5.69 Å². The van der Waals surface area contributed by atoms with Gasteiger partial charge in [-0.1, -0.05) is 79.9 Å². The Labute approximate surface area is 549 Å². The molecule has 10 bridgehead atoms. The first-order valence-electron chi connectivity index (χ1n) is 36.8. The van der Waals surface area contributed by atoms with Gasteiger partial charge in [-0.05, 0) is 240 Å². The predicted octanol–water partition coefficient (Wildman–Crippen LogP) is 11.2. The van der Waals surface area contributed by atoms with E-state index in [0.717, 1.165) is 114 Å². The number of nitrogens with zero attached hydrogens (tertiary/aromatic N) is 7. The standard InChI is InChI=1S/C28H35N3O3.C27H33N3O3.C21H32N4O/c1-2-34-28(33)20-8-9-24-23(15-20)26(30-31(24)16-17-6-4-3-5-7-17)27(32)29-25-21-11-18-10-19(13-21)14-22(25)12-18;1-2-33-26(32)20-8-9-23-22(13-20)24(30(29-23)16-17-6-4-3-5-7-17)25(31)28-27-14-18-10-19(15-27)12-21(27)11-18;26-21(22-18-14-24-12-10-15(18)11-13-24)20-17-8-4-5-9-19(17)25(23-20)16-6-2-1-3-7-16/h3-7,18-22,25H,2,8-16H2,1H3,(H,29,32);3-7,18-21H,2,8-16H2,1H3,(H,28,31);15-16,18H,1-14H2,(H,22,26). The molecule has 12 fully saturated rings. The molecule has 5 atom stereocenters. The lowest BCUT2D eigenvalue weighted by Gasteiger charge is -2.54. The third-order valence-electron chi connectivity index (χ3n) is 24.9. The molecule has 15 aliphatic rings. The molecule has 5 unspecified atom stereocenters. The van der Waals surface area contributed by atoms with Crippen molar-refractivity contribution in [3.05, 3.63) is 123 Å². The summed E-state index contributed by atoms with van der Waals surface area (Å²) in [5.74, 6) is 5.16. The molecular formula is C76H100N10O7. The van der Waals surface area contributed by atoms with Gasteiger partial charge < -0.3 is 30.3 Å². The van der Waals surface area contributed by atoms with Gasteiger partial charge in [-0.15, -0.1) is 0 Å². The van der Waals surface area contributed by atoms with Crippen molar-refractivity contribution in [2.45, 2.75) is 224 Å². The number of carbonyl (C=O) groups excluding carboxylic acids is 5.